The molecule has 0 aliphatic rings. The highest BCUT2D eigenvalue weighted by atomic mass is 35.5. The van der Waals surface area contributed by atoms with Crippen LogP contribution in [-0.4, -0.2) is 47.0 Å². The highest BCUT2D eigenvalue weighted by molar-refractivity contribution is 7.93. The highest BCUT2D eigenvalue weighted by Gasteiger charge is 2.30. The maximum absolute atomic E-state index is 13.2. The Morgan fingerprint density at radius 2 is 1.50 bits per heavy atom. The van der Waals surface area contributed by atoms with Gasteiger partial charge in [-0.25, -0.2) is 13.2 Å². The second-order valence-electron chi connectivity index (χ2n) is 9.69. The zero-order chi connectivity index (χ0) is 26.7. The summed E-state index contributed by atoms with van der Waals surface area (Å²) in [5.41, 5.74) is 4.48. The Labute approximate surface area is 236 Å². The Bertz CT molecular complexity index is 1380. The van der Waals surface area contributed by atoms with Gasteiger partial charge in [0.25, 0.3) is 10.0 Å². The molecular formula is C26H34Cl2N4O5S. The molecule has 0 unspecified atom stereocenters. The molecule has 0 fully saturated rings. The summed E-state index contributed by atoms with van der Waals surface area (Å²) in [6.07, 6.45) is 0. The number of anilines is 2. The molecule has 0 heterocycles. The number of quaternary nitrogens is 2. The van der Waals surface area contributed by atoms with Gasteiger partial charge >= 0.3 is 5.97 Å². The molecule has 3 rings (SSSR count). The highest BCUT2D eigenvalue weighted by Crippen LogP contribution is 2.29. The van der Waals surface area contributed by atoms with E-state index in [1.54, 1.807) is 63.2 Å². The molecule has 208 valence electrons. The first-order valence-corrected chi connectivity index (χ1v) is 13.1. The van der Waals surface area contributed by atoms with E-state index < -0.39 is 27.4 Å². The zero-order valence-electron chi connectivity index (χ0n) is 22.0. The summed E-state index contributed by atoms with van der Waals surface area (Å²) >= 11 is 0. The molecule has 1 atom stereocenters. The summed E-state index contributed by atoms with van der Waals surface area (Å²) in [6.45, 7) is 4.86. The van der Waals surface area contributed by atoms with Gasteiger partial charge in [0.1, 0.15) is 12.3 Å². The van der Waals surface area contributed by atoms with Gasteiger partial charge in [0, 0.05) is 22.1 Å². The number of hydrogen-bond donors (Lipinski definition) is 4. The van der Waals surface area contributed by atoms with Gasteiger partial charge in [0.05, 0.1) is 24.4 Å². The summed E-state index contributed by atoms with van der Waals surface area (Å²) < 4.78 is 34.2. The van der Waals surface area contributed by atoms with Crippen molar-refractivity contribution in [1.82, 2.24) is 0 Å². The molecular weight excluding hydrogens is 551 g/mol. The molecule has 0 saturated heterocycles. The normalized spacial score (nSPS) is 12.2. The van der Waals surface area contributed by atoms with Gasteiger partial charge in [-0.2, -0.15) is 0 Å². The number of ether oxygens (including phenoxy) is 1. The van der Waals surface area contributed by atoms with E-state index in [0.717, 1.165) is 16.0 Å². The first-order valence-electron chi connectivity index (χ1n) is 11.6. The Kier molecular flexibility index (Phi) is 11.6. The molecule has 0 spiro atoms. The van der Waals surface area contributed by atoms with Crippen LogP contribution in [0, 0.1) is 5.41 Å². The fraction of sp³-hybridized carbons (Fsp3) is 0.308. The maximum Gasteiger partial charge on any atom is 0.364 e. The first-order chi connectivity index (χ1) is 16.8. The van der Waals surface area contributed by atoms with E-state index in [1.165, 1.54) is 0 Å². The van der Waals surface area contributed by atoms with Crippen LogP contribution in [0.4, 0.5) is 17.1 Å². The summed E-state index contributed by atoms with van der Waals surface area (Å²) in [4.78, 5) is 25.6. The zero-order valence-corrected chi connectivity index (χ0v) is 24.3. The van der Waals surface area contributed by atoms with Crippen molar-refractivity contribution in [3.05, 3.63) is 60.7 Å². The van der Waals surface area contributed by atoms with Crippen LogP contribution in [0.25, 0.3) is 10.8 Å². The number of benzene rings is 3. The van der Waals surface area contributed by atoms with Crippen LogP contribution in [-0.2, 0) is 24.3 Å². The Morgan fingerprint density at radius 3 is 2.08 bits per heavy atom. The third-order valence-corrected chi connectivity index (χ3v) is 7.14. The van der Waals surface area contributed by atoms with Crippen molar-refractivity contribution in [2.24, 2.45) is 5.41 Å². The molecule has 9 nitrogen and oxygen atoms in total. The minimum Gasteiger partial charge on any atom is -1.00 e. The van der Waals surface area contributed by atoms with E-state index in [-0.39, 0.29) is 42.2 Å². The molecule has 0 saturated carbocycles. The van der Waals surface area contributed by atoms with E-state index in [9.17, 15) is 18.0 Å². The van der Waals surface area contributed by atoms with Gasteiger partial charge in [-0.3, -0.25) is 9.52 Å². The van der Waals surface area contributed by atoms with Crippen LogP contribution in [0.2, 0.25) is 0 Å². The second-order valence-corrected chi connectivity index (χ2v) is 11.3. The van der Waals surface area contributed by atoms with E-state index in [0.29, 0.717) is 16.8 Å². The van der Waals surface area contributed by atoms with Gasteiger partial charge in [0.15, 0.2) is 6.04 Å². The third kappa shape index (κ3) is 7.81. The lowest BCUT2D eigenvalue weighted by Crippen LogP contribution is -3.00. The number of halogens is 2. The largest absolute Gasteiger partial charge is 1.00 e. The van der Waals surface area contributed by atoms with Crippen LogP contribution in [0.15, 0.2) is 65.6 Å². The number of amides is 1. The quantitative estimate of drug-likeness (QED) is 0.188. The lowest BCUT2D eigenvalue weighted by Gasteiger charge is -2.23. The smallest absolute Gasteiger partial charge is 0.364 e. The minimum absolute atomic E-state index is 0. The van der Waals surface area contributed by atoms with Crippen LogP contribution < -0.4 is 45.5 Å². The van der Waals surface area contributed by atoms with Gasteiger partial charge in [0.2, 0.25) is 5.91 Å². The van der Waals surface area contributed by atoms with Crippen LogP contribution in [0.1, 0.15) is 20.8 Å². The number of rotatable bonds is 9. The molecule has 0 aliphatic heterocycles. The summed E-state index contributed by atoms with van der Waals surface area (Å²) in [7, 11) is 0.119. The van der Waals surface area contributed by atoms with Crippen LogP contribution in [0.3, 0.4) is 0 Å². The second kappa shape index (κ2) is 13.3. The predicted molar refractivity (Wildman–Crippen MR) is 139 cm³/mol. The number of fused-ring (bicyclic) bond motifs is 1. The number of esters is 1. The van der Waals surface area contributed by atoms with E-state index in [4.69, 9.17) is 4.74 Å². The van der Waals surface area contributed by atoms with E-state index in [2.05, 4.69) is 15.8 Å². The number of carbonyl (C=O) groups excluding carboxylic acids is 2. The van der Waals surface area contributed by atoms with Gasteiger partial charge < -0.3 is 45.5 Å². The molecule has 0 aliphatic carbocycles. The third-order valence-electron chi connectivity index (χ3n) is 5.70. The van der Waals surface area contributed by atoms with E-state index in [1.807, 2.05) is 32.3 Å². The molecule has 0 bridgehead atoms. The van der Waals surface area contributed by atoms with Gasteiger partial charge in [-0.05, 0) is 63.2 Å². The number of sulfonamides is 1. The molecule has 1 amide bonds. The predicted octanol–water partition coefficient (Wildman–Crippen LogP) is -4.44. The van der Waals surface area contributed by atoms with Gasteiger partial charge in [-0.1, -0.05) is 18.2 Å². The SMILES string of the molecule is C[C@H]([NH3+])C(=O)OCC(C)(C)C(=O)Nc1ccc(NS(=O)(=O)c2cccc3c([NH+](C)C)cccc23)cc1.[Cl-].[Cl-]. The summed E-state index contributed by atoms with van der Waals surface area (Å²) in [5, 5.41) is 4.29. The Balaban J connectivity index is 0.00000361. The number of nitrogens with one attached hydrogen (secondary N) is 3. The van der Waals surface area contributed by atoms with Crippen molar-refractivity contribution in [1.29, 1.82) is 0 Å². The van der Waals surface area contributed by atoms with Crippen molar-refractivity contribution in [3.63, 3.8) is 0 Å². The van der Waals surface area contributed by atoms with Crippen molar-refractivity contribution >= 4 is 49.7 Å². The van der Waals surface area contributed by atoms with Crippen LogP contribution in [0.5, 0.6) is 0 Å². The van der Waals surface area contributed by atoms with Crippen molar-refractivity contribution in [2.75, 3.05) is 30.7 Å². The molecule has 0 aromatic heterocycles. The Hall–Kier alpha value is -2.89. The topological polar surface area (TPSA) is 134 Å². The fourth-order valence-corrected chi connectivity index (χ4v) is 4.82. The van der Waals surface area contributed by atoms with Crippen molar-refractivity contribution in [3.8, 4) is 0 Å². The summed E-state index contributed by atoms with van der Waals surface area (Å²) in [5.74, 6) is -0.812. The number of hydrogen-bond acceptors (Lipinski definition) is 5. The molecule has 38 heavy (non-hydrogen) atoms. The van der Waals surface area contributed by atoms with E-state index >= 15 is 0 Å². The fourth-order valence-electron chi connectivity index (χ4n) is 3.54. The lowest BCUT2D eigenvalue weighted by atomic mass is 9.93. The standard InChI is InChI=1S/C26H32N4O5S.2ClH/c1-17(27)24(31)35-16-26(2,3)25(32)28-18-12-14-19(15-13-18)29-36(33,34)23-11-7-8-20-21(23)9-6-10-22(20)30(4)5;;/h6-15,17,29H,16,27H2,1-5H3,(H,28,32);2*1H/t17-;;/m0../s1. The molecule has 6 N–H and O–H groups in total. The minimum atomic E-state index is -3.86. The molecule has 3 aromatic carbocycles. The average molecular weight is 586 g/mol. The summed E-state index contributed by atoms with van der Waals surface area (Å²) in [6, 6.07) is 16.7. The lowest BCUT2D eigenvalue weighted by molar-refractivity contribution is -0.785. The monoisotopic (exact) mass is 584 g/mol. The number of carbonyl (C=O) groups is 2. The molecule has 12 heteroatoms. The van der Waals surface area contributed by atoms with Crippen molar-refractivity contribution < 1.29 is 58.2 Å². The molecule has 0 radical (unpaired) electrons. The maximum atomic E-state index is 13.2. The Morgan fingerprint density at radius 1 is 0.947 bits per heavy atom. The van der Waals surface area contributed by atoms with Crippen molar-refractivity contribution in [2.45, 2.75) is 31.7 Å². The first kappa shape index (κ1) is 33.1. The average Bonchev–Trinajstić information content (AvgIpc) is 2.82. The van der Waals surface area contributed by atoms with Gasteiger partial charge in [-0.15, -0.1) is 0 Å². The molecule has 3 aromatic rings. The van der Waals surface area contributed by atoms with Crippen LogP contribution >= 0.6 is 0 Å².